The summed E-state index contributed by atoms with van der Waals surface area (Å²) in [5.41, 5.74) is 0. The summed E-state index contributed by atoms with van der Waals surface area (Å²) >= 11 is 0. The molecule has 0 radical (unpaired) electrons. The van der Waals surface area contributed by atoms with Crippen molar-refractivity contribution in [1.29, 1.82) is 0 Å². The summed E-state index contributed by atoms with van der Waals surface area (Å²) in [7, 11) is 0. The van der Waals surface area contributed by atoms with E-state index in [9.17, 15) is 19.5 Å². The summed E-state index contributed by atoms with van der Waals surface area (Å²) in [4.78, 5) is 35.7. The number of allylic oxidation sites excluding steroid dienone is 4. The first kappa shape index (κ1) is 38.0. The molecule has 0 aromatic heterocycles. The van der Waals surface area contributed by atoms with Gasteiger partial charge < -0.3 is 14.6 Å². The fourth-order valence-electron chi connectivity index (χ4n) is 4.36. The standard InChI is InChI=1S/C34H60O6/c1-4-5-18-24-31(36)25-20-15-11-7-6-8-12-16-21-26-33(37)39-29-32(28-35)40-34(38)27-22-17-13-9-10-14-19-23-30(2)3/h11,15,20,25,30,32,35H,4-10,12-14,16-19,21-24,26-29H2,1-3H3/b15-11-,25-20+/t32-/m0/s1. The van der Waals surface area contributed by atoms with E-state index >= 15 is 0 Å². The van der Waals surface area contributed by atoms with Crippen LogP contribution in [0.3, 0.4) is 0 Å². The lowest BCUT2D eigenvalue weighted by molar-refractivity contribution is -0.161. The van der Waals surface area contributed by atoms with E-state index in [1.165, 1.54) is 32.1 Å². The molecule has 0 amide bonds. The Balaban J connectivity index is 3.68. The molecule has 0 fully saturated rings. The van der Waals surface area contributed by atoms with Crippen LogP contribution < -0.4 is 0 Å². The molecule has 0 heterocycles. The maximum atomic E-state index is 12.0. The molecule has 0 aromatic rings. The number of aliphatic hydroxyl groups is 1. The average Bonchev–Trinajstić information content (AvgIpc) is 2.92. The first-order valence-corrected chi connectivity index (χ1v) is 16.2. The molecule has 0 spiro atoms. The molecule has 0 bridgehead atoms. The predicted molar refractivity (Wildman–Crippen MR) is 164 cm³/mol. The van der Waals surface area contributed by atoms with Crippen LogP contribution in [0.25, 0.3) is 0 Å². The van der Waals surface area contributed by atoms with Crippen molar-refractivity contribution < 1.29 is 29.0 Å². The quantitative estimate of drug-likeness (QED) is 0.0443. The van der Waals surface area contributed by atoms with Gasteiger partial charge in [0.15, 0.2) is 11.9 Å². The van der Waals surface area contributed by atoms with E-state index in [0.717, 1.165) is 83.0 Å². The normalized spacial score (nSPS) is 12.4. The van der Waals surface area contributed by atoms with Gasteiger partial charge in [0.05, 0.1) is 6.61 Å². The van der Waals surface area contributed by atoms with Crippen molar-refractivity contribution in [3.63, 3.8) is 0 Å². The number of carbonyl (C=O) groups is 3. The zero-order chi connectivity index (χ0) is 29.7. The Kier molecular flexibility index (Phi) is 27.2. The molecular formula is C34H60O6. The zero-order valence-electron chi connectivity index (χ0n) is 26.0. The molecule has 0 aromatic carbocycles. The summed E-state index contributed by atoms with van der Waals surface area (Å²) < 4.78 is 10.5. The Morgan fingerprint density at radius 2 is 1.27 bits per heavy atom. The summed E-state index contributed by atoms with van der Waals surface area (Å²) in [6, 6.07) is 0. The second kappa shape index (κ2) is 28.6. The fourth-order valence-corrected chi connectivity index (χ4v) is 4.36. The van der Waals surface area contributed by atoms with E-state index in [-0.39, 0.29) is 30.9 Å². The van der Waals surface area contributed by atoms with E-state index in [1.54, 1.807) is 6.08 Å². The van der Waals surface area contributed by atoms with Gasteiger partial charge in [-0.15, -0.1) is 0 Å². The summed E-state index contributed by atoms with van der Waals surface area (Å²) in [5, 5.41) is 9.47. The summed E-state index contributed by atoms with van der Waals surface area (Å²) in [6.45, 7) is 6.21. The first-order chi connectivity index (χ1) is 19.4. The van der Waals surface area contributed by atoms with Crippen molar-refractivity contribution in [3.8, 4) is 0 Å². The molecule has 0 saturated carbocycles. The van der Waals surface area contributed by atoms with E-state index in [4.69, 9.17) is 9.47 Å². The third kappa shape index (κ3) is 27.6. The van der Waals surface area contributed by atoms with Crippen LogP contribution in [0, 0.1) is 5.92 Å². The number of rotatable bonds is 28. The molecule has 6 heteroatoms. The van der Waals surface area contributed by atoms with Crippen LogP contribution in [0.4, 0.5) is 0 Å². The number of carbonyl (C=O) groups excluding carboxylic acids is 3. The molecule has 1 N–H and O–H groups in total. The van der Waals surface area contributed by atoms with E-state index in [0.29, 0.717) is 19.3 Å². The van der Waals surface area contributed by atoms with Gasteiger partial charge in [-0.1, -0.05) is 116 Å². The molecule has 6 nitrogen and oxygen atoms in total. The van der Waals surface area contributed by atoms with Crippen LogP contribution in [0.15, 0.2) is 24.3 Å². The Morgan fingerprint density at radius 3 is 1.90 bits per heavy atom. The highest BCUT2D eigenvalue weighted by atomic mass is 16.6. The van der Waals surface area contributed by atoms with Crippen molar-refractivity contribution in [1.82, 2.24) is 0 Å². The van der Waals surface area contributed by atoms with E-state index < -0.39 is 6.10 Å². The largest absolute Gasteiger partial charge is 0.462 e. The maximum absolute atomic E-state index is 12.0. The number of ketones is 1. The molecule has 40 heavy (non-hydrogen) atoms. The SMILES string of the molecule is CCCCCC(=O)/C=C/C=C\CCCCCCCC(=O)OC[C@H](CO)OC(=O)CCCCCCCCCC(C)C. The lowest BCUT2D eigenvalue weighted by Crippen LogP contribution is -2.28. The van der Waals surface area contributed by atoms with Gasteiger partial charge in [-0.2, -0.15) is 0 Å². The number of ether oxygens (including phenoxy) is 2. The highest BCUT2D eigenvalue weighted by Gasteiger charge is 2.16. The molecule has 232 valence electrons. The summed E-state index contributed by atoms with van der Waals surface area (Å²) in [6.07, 6.45) is 26.5. The topological polar surface area (TPSA) is 89.9 Å². The van der Waals surface area contributed by atoms with Gasteiger partial charge in [0.25, 0.3) is 0 Å². The second-order valence-corrected chi connectivity index (χ2v) is 11.4. The summed E-state index contributed by atoms with van der Waals surface area (Å²) in [5.74, 6) is 0.324. The third-order valence-electron chi connectivity index (χ3n) is 6.90. The number of esters is 2. The van der Waals surface area contributed by atoms with Crippen LogP contribution in [-0.4, -0.2) is 42.1 Å². The monoisotopic (exact) mass is 564 g/mol. The Bertz CT molecular complexity index is 682. The van der Waals surface area contributed by atoms with Gasteiger partial charge in [0.2, 0.25) is 0 Å². The molecular weight excluding hydrogens is 504 g/mol. The minimum absolute atomic E-state index is 0.0947. The molecule has 0 saturated heterocycles. The number of hydrogen-bond acceptors (Lipinski definition) is 6. The molecule has 1 atom stereocenters. The highest BCUT2D eigenvalue weighted by Crippen LogP contribution is 2.13. The molecule has 0 unspecified atom stereocenters. The predicted octanol–water partition coefficient (Wildman–Crippen LogP) is 8.59. The fraction of sp³-hybridized carbons (Fsp3) is 0.794. The second-order valence-electron chi connectivity index (χ2n) is 11.4. The number of hydrogen-bond donors (Lipinski definition) is 1. The first-order valence-electron chi connectivity index (χ1n) is 16.2. The highest BCUT2D eigenvalue weighted by molar-refractivity contribution is 5.89. The van der Waals surface area contributed by atoms with Crippen LogP contribution in [0.2, 0.25) is 0 Å². The molecule has 0 rings (SSSR count). The Hall–Kier alpha value is -1.95. The van der Waals surface area contributed by atoms with E-state index in [1.807, 2.05) is 12.2 Å². The van der Waals surface area contributed by atoms with Gasteiger partial charge in [0.1, 0.15) is 6.61 Å². The average molecular weight is 565 g/mol. The van der Waals surface area contributed by atoms with Gasteiger partial charge in [-0.25, -0.2) is 0 Å². The van der Waals surface area contributed by atoms with E-state index in [2.05, 4.69) is 26.8 Å². The van der Waals surface area contributed by atoms with Crippen molar-refractivity contribution >= 4 is 17.7 Å². The van der Waals surface area contributed by atoms with Crippen LogP contribution in [-0.2, 0) is 23.9 Å². The number of aliphatic hydroxyl groups excluding tert-OH is 1. The van der Waals surface area contributed by atoms with Gasteiger partial charge in [0, 0.05) is 19.3 Å². The minimum Gasteiger partial charge on any atom is -0.462 e. The van der Waals surface area contributed by atoms with Crippen molar-refractivity contribution in [2.45, 2.75) is 155 Å². The maximum Gasteiger partial charge on any atom is 0.306 e. The Labute approximate surface area is 245 Å². The van der Waals surface area contributed by atoms with Gasteiger partial charge in [-0.05, 0) is 44.1 Å². The lowest BCUT2D eigenvalue weighted by atomic mass is 10.0. The Morgan fingerprint density at radius 1 is 0.700 bits per heavy atom. The van der Waals surface area contributed by atoms with Crippen molar-refractivity contribution in [2.24, 2.45) is 5.92 Å². The van der Waals surface area contributed by atoms with Crippen molar-refractivity contribution in [3.05, 3.63) is 24.3 Å². The third-order valence-corrected chi connectivity index (χ3v) is 6.90. The lowest BCUT2D eigenvalue weighted by Gasteiger charge is -2.15. The van der Waals surface area contributed by atoms with Gasteiger partial charge in [-0.3, -0.25) is 14.4 Å². The minimum atomic E-state index is -0.792. The van der Waals surface area contributed by atoms with Crippen LogP contribution in [0.1, 0.15) is 149 Å². The van der Waals surface area contributed by atoms with Crippen LogP contribution in [0.5, 0.6) is 0 Å². The molecule has 0 aliphatic rings. The number of unbranched alkanes of at least 4 members (excludes halogenated alkanes) is 13. The van der Waals surface area contributed by atoms with Gasteiger partial charge >= 0.3 is 11.9 Å². The smallest absolute Gasteiger partial charge is 0.306 e. The zero-order valence-corrected chi connectivity index (χ0v) is 26.0. The van der Waals surface area contributed by atoms with Crippen LogP contribution >= 0.6 is 0 Å². The van der Waals surface area contributed by atoms with Crippen molar-refractivity contribution in [2.75, 3.05) is 13.2 Å². The molecule has 0 aliphatic heterocycles. The molecule has 0 aliphatic carbocycles.